The predicted octanol–water partition coefficient (Wildman–Crippen LogP) is 4.55. The highest BCUT2D eigenvalue weighted by atomic mass is 19.1. The smallest absolute Gasteiger partial charge is 0.238 e. The molecule has 168 valence electrons. The van der Waals surface area contributed by atoms with Crippen molar-refractivity contribution in [2.24, 2.45) is 0 Å². The minimum atomic E-state index is -0.587. The molecule has 1 atom stereocenters. The quantitative estimate of drug-likeness (QED) is 0.448. The van der Waals surface area contributed by atoms with Gasteiger partial charge in [-0.25, -0.2) is 28.4 Å². The van der Waals surface area contributed by atoms with Crippen LogP contribution in [0.4, 0.5) is 8.78 Å². The summed E-state index contributed by atoms with van der Waals surface area (Å²) in [5.41, 5.74) is 2.95. The summed E-state index contributed by atoms with van der Waals surface area (Å²) in [4.78, 5) is 13.4. The highest BCUT2D eigenvalue weighted by Crippen LogP contribution is 2.33. The van der Waals surface area contributed by atoms with E-state index in [-0.39, 0.29) is 5.92 Å². The molecular formula is C24H22F2N6O. The minimum absolute atomic E-state index is 0.199. The number of hydrogen-bond donors (Lipinski definition) is 0. The average Bonchev–Trinajstić information content (AvgIpc) is 3.42. The van der Waals surface area contributed by atoms with Crippen molar-refractivity contribution in [2.75, 3.05) is 7.11 Å². The first-order chi connectivity index (χ1) is 16.0. The van der Waals surface area contributed by atoms with Crippen LogP contribution in [-0.2, 0) is 6.54 Å². The average molecular weight is 448 g/mol. The molecule has 0 amide bonds. The zero-order valence-electron chi connectivity index (χ0n) is 18.2. The Morgan fingerprint density at radius 2 is 1.91 bits per heavy atom. The first kappa shape index (κ1) is 21.0. The summed E-state index contributed by atoms with van der Waals surface area (Å²) in [5.74, 6) is 0.327. The van der Waals surface area contributed by atoms with Gasteiger partial charge in [0.25, 0.3) is 0 Å². The lowest BCUT2D eigenvalue weighted by atomic mass is 9.91. The van der Waals surface area contributed by atoms with E-state index in [1.54, 1.807) is 19.5 Å². The zero-order valence-corrected chi connectivity index (χ0v) is 18.2. The van der Waals surface area contributed by atoms with Gasteiger partial charge in [0.05, 0.1) is 24.8 Å². The fraction of sp³-hybridized carbons (Fsp3) is 0.250. The monoisotopic (exact) mass is 448 g/mol. The van der Waals surface area contributed by atoms with E-state index in [2.05, 4.69) is 20.1 Å². The highest BCUT2D eigenvalue weighted by Gasteiger charge is 2.26. The maximum Gasteiger partial charge on any atom is 0.238 e. The van der Waals surface area contributed by atoms with Crippen LogP contribution in [0.25, 0.3) is 17.8 Å². The van der Waals surface area contributed by atoms with Gasteiger partial charge in [0.2, 0.25) is 5.88 Å². The lowest BCUT2D eigenvalue weighted by Crippen LogP contribution is -2.18. The van der Waals surface area contributed by atoms with Gasteiger partial charge >= 0.3 is 0 Å². The summed E-state index contributed by atoms with van der Waals surface area (Å²) in [6, 6.07) is 7.40. The van der Waals surface area contributed by atoms with Gasteiger partial charge in [-0.3, -0.25) is 0 Å². The van der Waals surface area contributed by atoms with Crippen LogP contribution in [0.5, 0.6) is 5.88 Å². The Labute approximate surface area is 189 Å². The Morgan fingerprint density at radius 1 is 1.09 bits per heavy atom. The molecule has 1 aliphatic heterocycles. The van der Waals surface area contributed by atoms with E-state index in [4.69, 9.17) is 4.74 Å². The van der Waals surface area contributed by atoms with Crippen molar-refractivity contribution in [3.63, 3.8) is 0 Å². The number of ether oxygens (including phenoxy) is 1. The molecule has 7 nitrogen and oxygen atoms in total. The summed E-state index contributed by atoms with van der Waals surface area (Å²) in [5, 5.41) is 4.56. The van der Waals surface area contributed by atoms with E-state index < -0.39 is 11.6 Å². The van der Waals surface area contributed by atoms with E-state index in [0.717, 1.165) is 36.8 Å². The minimum Gasteiger partial charge on any atom is -0.479 e. The first-order valence-corrected chi connectivity index (χ1v) is 10.6. The molecule has 5 rings (SSSR count). The number of fused-ring (bicyclic) bond motifs is 1. The number of aromatic nitrogens is 6. The Morgan fingerprint density at radius 3 is 2.64 bits per heavy atom. The molecule has 1 aromatic carbocycles. The van der Waals surface area contributed by atoms with Crippen molar-refractivity contribution < 1.29 is 13.5 Å². The molecule has 0 saturated heterocycles. The molecule has 4 heterocycles. The van der Waals surface area contributed by atoms with Crippen molar-refractivity contribution in [1.29, 1.82) is 0 Å². The number of aryl methyl sites for hydroxylation is 2. The third-order valence-corrected chi connectivity index (χ3v) is 5.63. The van der Waals surface area contributed by atoms with E-state index in [1.807, 2.05) is 40.6 Å². The van der Waals surface area contributed by atoms with Crippen LogP contribution in [0.15, 0.2) is 42.9 Å². The van der Waals surface area contributed by atoms with Crippen LogP contribution in [0.1, 0.15) is 47.4 Å². The molecule has 0 fully saturated rings. The molecule has 0 unspecified atom stereocenters. The summed E-state index contributed by atoms with van der Waals surface area (Å²) in [7, 11) is 1.57. The maximum atomic E-state index is 13.8. The lowest BCUT2D eigenvalue weighted by Gasteiger charge is -2.22. The van der Waals surface area contributed by atoms with E-state index in [0.29, 0.717) is 28.8 Å². The molecule has 0 bridgehead atoms. The van der Waals surface area contributed by atoms with Crippen LogP contribution in [0.2, 0.25) is 0 Å². The van der Waals surface area contributed by atoms with Crippen molar-refractivity contribution in [1.82, 2.24) is 29.3 Å². The molecule has 4 aromatic rings. The molecular weight excluding hydrogens is 426 g/mol. The summed E-state index contributed by atoms with van der Waals surface area (Å²) in [6.07, 6.45) is 8.82. The molecule has 0 saturated carbocycles. The fourth-order valence-corrected chi connectivity index (χ4v) is 4.13. The molecule has 9 heteroatoms. The summed E-state index contributed by atoms with van der Waals surface area (Å²) < 4.78 is 36.6. The van der Waals surface area contributed by atoms with Gasteiger partial charge in [0, 0.05) is 24.7 Å². The lowest BCUT2D eigenvalue weighted by molar-refractivity contribution is 0.395. The molecule has 33 heavy (non-hydrogen) atoms. The number of rotatable bonds is 5. The summed E-state index contributed by atoms with van der Waals surface area (Å²) >= 11 is 0. The number of benzene rings is 1. The third-order valence-electron chi connectivity index (χ3n) is 5.63. The molecule has 0 aliphatic carbocycles. The standard InChI is InChI=1S/C24H22F2N6O/c1-15-13-31(14-27-15)21-7-5-19(28-24(21)33-2)6-8-22-29-23-20(4-3-9-32(23)30-22)16-10-17(25)12-18(26)11-16/h5-8,10-14,20H,3-4,9H2,1-2H3/t20-/m1/s1. The molecule has 1 aliphatic rings. The van der Waals surface area contributed by atoms with Crippen LogP contribution in [0.3, 0.4) is 0 Å². The van der Waals surface area contributed by atoms with Gasteiger partial charge in [-0.2, -0.15) is 5.10 Å². The topological polar surface area (TPSA) is 70.7 Å². The normalized spacial score (nSPS) is 15.7. The number of pyridine rings is 1. The number of hydrogen-bond acceptors (Lipinski definition) is 5. The van der Waals surface area contributed by atoms with Crippen molar-refractivity contribution in [3.05, 3.63) is 83.1 Å². The fourth-order valence-electron chi connectivity index (χ4n) is 4.13. The van der Waals surface area contributed by atoms with Crippen molar-refractivity contribution >= 4 is 12.2 Å². The van der Waals surface area contributed by atoms with E-state index in [1.165, 1.54) is 12.1 Å². The maximum absolute atomic E-state index is 13.8. The SMILES string of the molecule is COc1nc(C=Cc2nc3n(n2)CCC[C@@H]3c2cc(F)cc(F)c2)ccc1-n1cnc(C)c1. The Kier molecular flexibility index (Phi) is 5.45. The first-order valence-electron chi connectivity index (χ1n) is 10.6. The van der Waals surface area contributed by atoms with E-state index >= 15 is 0 Å². The molecule has 0 radical (unpaired) electrons. The molecule has 0 N–H and O–H groups in total. The second-order valence-corrected chi connectivity index (χ2v) is 7.97. The van der Waals surface area contributed by atoms with E-state index in [9.17, 15) is 8.78 Å². The van der Waals surface area contributed by atoms with Crippen LogP contribution in [0, 0.1) is 18.6 Å². The van der Waals surface area contributed by atoms with Gasteiger partial charge < -0.3 is 9.30 Å². The van der Waals surface area contributed by atoms with Gasteiger partial charge in [-0.05, 0) is 61.7 Å². The second kappa shape index (κ2) is 8.57. The van der Waals surface area contributed by atoms with Crippen LogP contribution >= 0.6 is 0 Å². The van der Waals surface area contributed by atoms with Gasteiger partial charge in [-0.1, -0.05) is 0 Å². The second-order valence-electron chi connectivity index (χ2n) is 7.97. The summed E-state index contributed by atoms with van der Waals surface area (Å²) in [6.45, 7) is 2.63. The number of imidazole rings is 1. The predicted molar refractivity (Wildman–Crippen MR) is 119 cm³/mol. The Balaban J connectivity index is 1.41. The van der Waals surface area contributed by atoms with Gasteiger partial charge in [0.15, 0.2) is 5.82 Å². The van der Waals surface area contributed by atoms with Crippen molar-refractivity contribution in [2.45, 2.75) is 32.2 Å². The largest absolute Gasteiger partial charge is 0.479 e. The number of halogens is 2. The van der Waals surface area contributed by atoms with Crippen LogP contribution in [-0.4, -0.2) is 36.4 Å². The van der Waals surface area contributed by atoms with Gasteiger partial charge in [-0.15, -0.1) is 0 Å². The highest BCUT2D eigenvalue weighted by molar-refractivity contribution is 5.65. The Hall–Kier alpha value is -3.88. The third kappa shape index (κ3) is 4.26. The van der Waals surface area contributed by atoms with Gasteiger partial charge in [0.1, 0.15) is 23.1 Å². The van der Waals surface area contributed by atoms with Crippen LogP contribution < -0.4 is 4.74 Å². The van der Waals surface area contributed by atoms with Crippen molar-refractivity contribution in [3.8, 4) is 11.6 Å². The Bertz CT molecular complexity index is 1320. The molecule has 0 spiro atoms. The number of methoxy groups -OCH3 is 1. The number of nitrogens with zero attached hydrogens (tertiary/aromatic N) is 6. The zero-order chi connectivity index (χ0) is 22.9. The molecule has 3 aromatic heterocycles.